The Morgan fingerprint density at radius 3 is 1.50 bits per heavy atom. The molecule has 0 fully saturated rings. The molecular formula is C8H12B2N2. The average Bonchev–Trinajstić information content (AvgIpc) is 2.10. The molecule has 60 valence electrons. The molecule has 0 atom stereocenters. The van der Waals surface area contributed by atoms with E-state index in [0.29, 0.717) is 0 Å². The molecule has 1 aliphatic rings. The summed E-state index contributed by atoms with van der Waals surface area (Å²) in [6.45, 7) is 0. The Morgan fingerprint density at radius 1 is 0.917 bits per heavy atom. The van der Waals surface area contributed by atoms with Gasteiger partial charge in [0.15, 0.2) is 0 Å². The number of hydrogen-bond acceptors (Lipinski definition) is 2. The Bertz CT molecular complexity index is 281. The van der Waals surface area contributed by atoms with Gasteiger partial charge >= 0.3 is 0 Å². The maximum absolute atomic E-state index is 4.16. The molecule has 0 aromatic rings. The molecule has 0 aromatic carbocycles. The molecular weight excluding hydrogens is 146 g/mol. The lowest BCUT2D eigenvalue weighted by molar-refractivity contribution is 1.42. The molecule has 1 aliphatic carbocycles. The number of nitrogens with zero attached hydrogens (tertiary/aromatic N) is 2. The van der Waals surface area contributed by atoms with Gasteiger partial charge in [0.1, 0.15) is 15.7 Å². The van der Waals surface area contributed by atoms with Crippen molar-refractivity contribution in [1.29, 1.82) is 0 Å². The lowest BCUT2D eigenvalue weighted by Crippen LogP contribution is -2.15. The molecule has 2 nitrogen and oxygen atoms in total. The highest BCUT2D eigenvalue weighted by Crippen LogP contribution is 2.10. The van der Waals surface area contributed by atoms with E-state index < -0.39 is 0 Å². The van der Waals surface area contributed by atoms with Crippen LogP contribution >= 0.6 is 0 Å². The van der Waals surface area contributed by atoms with Crippen molar-refractivity contribution in [2.45, 2.75) is 0 Å². The molecule has 0 radical (unpaired) electrons. The maximum atomic E-state index is 4.16. The Morgan fingerprint density at radius 2 is 1.25 bits per heavy atom. The summed E-state index contributed by atoms with van der Waals surface area (Å²) >= 11 is 0. The third-order valence-corrected chi connectivity index (χ3v) is 2.21. The van der Waals surface area contributed by atoms with Gasteiger partial charge in [0, 0.05) is 14.1 Å². The maximum Gasteiger partial charge on any atom is 0.141 e. The fourth-order valence-corrected chi connectivity index (χ4v) is 1.28. The van der Waals surface area contributed by atoms with Gasteiger partial charge < -0.3 is 0 Å². The topological polar surface area (TPSA) is 24.7 Å². The molecule has 0 aromatic heterocycles. The minimum Gasteiger partial charge on any atom is -0.289 e. The first kappa shape index (κ1) is 9.04. The summed E-state index contributed by atoms with van der Waals surface area (Å²) in [6.07, 6.45) is 4.01. The zero-order valence-corrected chi connectivity index (χ0v) is 8.05. The molecule has 0 saturated carbocycles. The lowest BCUT2D eigenvalue weighted by Gasteiger charge is -2.13. The van der Waals surface area contributed by atoms with Crippen molar-refractivity contribution < 1.29 is 0 Å². The summed E-state index contributed by atoms with van der Waals surface area (Å²) in [5, 5.41) is 0. The molecule has 0 heterocycles. The Balaban J connectivity index is 3.16. The van der Waals surface area contributed by atoms with Crippen LogP contribution in [0.15, 0.2) is 33.1 Å². The van der Waals surface area contributed by atoms with Gasteiger partial charge in [0.2, 0.25) is 0 Å². The van der Waals surface area contributed by atoms with Gasteiger partial charge in [-0.1, -0.05) is 10.9 Å². The smallest absolute Gasteiger partial charge is 0.141 e. The monoisotopic (exact) mass is 158 g/mol. The highest BCUT2D eigenvalue weighted by atomic mass is 14.7. The van der Waals surface area contributed by atoms with Crippen molar-refractivity contribution in [3.05, 3.63) is 23.1 Å². The van der Waals surface area contributed by atoms with Crippen molar-refractivity contribution in [2.24, 2.45) is 9.98 Å². The third-order valence-electron chi connectivity index (χ3n) is 2.21. The van der Waals surface area contributed by atoms with E-state index >= 15 is 0 Å². The molecule has 0 unspecified atom stereocenters. The van der Waals surface area contributed by atoms with Crippen LogP contribution in [0.2, 0.25) is 0 Å². The van der Waals surface area contributed by atoms with Gasteiger partial charge in [-0.3, -0.25) is 9.98 Å². The SMILES string of the molecule is BC1=C(B)/C(=N\C)C=CC1=NC. The highest BCUT2D eigenvalue weighted by Gasteiger charge is 2.09. The molecule has 0 N–H and O–H groups in total. The standard InChI is InChI=1S/C8H12B2N2/c1-11-5-3-4-6(12-2)8(10)7(5)9/h3-4H,9-10H2,1-2H3/b11-5-,12-6?. The molecule has 4 heteroatoms. The van der Waals surface area contributed by atoms with Crippen LogP contribution in [0.1, 0.15) is 0 Å². The minimum absolute atomic E-state index is 1.06. The molecule has 0 bridgehead atoms. The van der Waals surface area contributed by atoms with Crippen molar-refractivity contribution >= 4 is 27.1 Å². The predicted octanol–water partition coefficient (Wildman–Crippen LogP) is -0.824. The zero-order chi connectivity index (χ0) is 9.14. The summed E-state index contributed by atoms with van der Waals surface area (Å²) < 4.78 is 0. The van der Waals surface area contributed by atoms with E-state index in [9.17, 15) is 0 Å². The fourth-order valence-electron chi connectivity index (χ4n) is 1.28. The first-order valence-corrected chi connectivity index (χ1v) is 4.00. The largest absolute Gasteiger partial charge is 0.289 e. The molecule has 0 spiro atoms. The van der Waals surface area contributed by atoms with Crippen LogP contribution in [0, 0.1) is 0 Å². The number of allylic oxidation sites excluding steroid dienone is 4. The highest BCUT2D eigenvalue weighted by molar-refractivity contribution is 6.54. The molecule has 0 saturated heterocycles. The minimum atomic E-state index is 1.06. The zero-order valence-electron chi connectivity index (χ0n) is 8.05. The first-order chi connectivity index (χ1) is 5.70. The van der Waals surface area contributed by atoms with Crippen LogP contribution in [0.25, 0.3) is 0 Å². The second-order valence-electron chi connectivity index (χ2n) is 2.80. The fraction of sp³-hybridized carbons (Fsp3) is 0.250. The van der Waals surface area contributed by atoms with Crippen molar-refractivity contribution in [2.75, 3.05) is 14.1 Å². The lowest BCUT2D eigenvalue weighted by atomic mass is 9.73. The molecule has 1 rings (SSSR count). The van der Waals surface area contributed by atoms with E-state index in [0.717, 1.165) is 11.4 Å². The average molecular weight is 158 g/mol. The number of aliphatic imine (C=N–C) groups is 2. The second-order valence-corrected chi connectivity index (χ2v) is 2.80. The van der Waals surface area contributed by atoms with Crippen molar-refractivity contribution in [3.63, 3.8) is 0 Å². The van der Waals surface area contributed by atoms with Crippen LogP contribution in [-0.2, 0) is 0 Å². The van der Waals surface area contributed by atoms with E-state index in [-0.39, 0.29) is 0 Å². The van der Waals surface area contributed by atoms with Crippen LogP contribution in [0.3, 0.4) is 0 Å². The van der Waals surface area contributed by atoms with E-state index in [1.54, 1.807) is 0 Å². The van der Waals surface area contributed by atoms with Gasteiger partial charge in [-0.2, -0.15) is 0 Å². The van der Waals surface area contributed by atoms with E-state index in [1.165, 1.54) is 10.9 Å². The Labute approximate surface area is 75.0 Å². The predicted molar refractivity (Wildman–Crippen MR) is 60.0 cm³/mol. The quantitative estimate of drug-likeness (QED) is 0.324. The molecule has 0 amide bonds. The second kappa shape index (κ2) is 3.57. The van der Waals surface area contributed by atoms with Gasteiger partial charge in [-0.15, -0.1) is 0 Å². The van der Waals surface area contributed by atoms with E-state index in [4.69, 9.17) is 0 Å². The third kappa shape index (κ3) is 1.42. The van der Waals surface area contributed by atoms with E-state index in [1.807, 2.05) is 26.2 Å². The van der Waals surface area contributed by atoms with Gasteiger partial charge in [-0.25, -0.2) is 0 Å². The summed E-state index contributed by atoms with van der Waals surface area (Å²) in [7, 11) is 7.77. The summed E-state index contributed by atoms with van der Waals surface area (Å²) in [5.74, 6) is 0. The van der Waals surface area contributed by atoms with Crippen molar-refractivity contribution in [3.8, 4) is 0 Å². The molecule has 12 heavy (non-hydrogen) atoms. The first-order valence-electron chi connectivity index (χ1n) is 4.00. The van der Waals surface area contributed by atoms with Crippen LogP contribution in [0.5, 0.6) is 0 Å². The summed E-state index contributed by atoms with van der Waals surface area (Å²) in [6, 6.07) is 0. The van der Waals surface area contributed by atoms with Crippen LogP contribution < -0.4 is 0 Å². The number of hydrogen-bond donors (Lipinski definition) is 0. The summed E-state index contributed by atoms with van der Waals surface area (Å²) in [5.41, 5.74) is 4.56. The van der Waals surface area contributed by atoms with E-state index in [2.05, 4.69) is 25.7 Å². The Hall–Kier alpha value is -1.05. The van der Waals surface area contributed by atoms with Gasteiger partial charge in [0.05, 0.1) is 11.4 Å². The van der Waals surface area contributed by atoms with Gasteiger partial charge in [0.25, 0.3) is 0 Å². The van der Waals surface area contributed by atoms with Crippen LogP contribution in [-0.4, -0.2) is 41.2 Å². The number of rotatable bonds is 0. The van der Waals surface area contributed by atoms with Gasteiger partial charge in [-0.05, 0) is 12.2 Å². The van der Waals surface area contributed by atoms with Crippen molar-refractivity contribution in [1.82, 2.24) is 0 Å². The van der Waals surface area contributed by atoms with Crippen LogP contribution in [0.4, 0.5) is 0 Å². The molecule has 0 aliphatic heterocycles. The normalized spacial score (nSPS) is 24.2. The summed E-state index contributed by atoms with van der Waals surface area (Å²) in [4.78, 5) is 8.33. The Kier molecular flexibility index (Phi) is 2.69.